The third kappa shape index (κ3) is 3.18. The van der Waals surface area contributed by atoms with Gasteiger partial charge in [-0.15, -0.1) is 0 Å². The van der Waals surface area contributed by atoms with Gasteiger partial charge < -0.3 is 10.4 Å². The molecule has 2 N–H and O–H groups in total. The number of aliphatic hydroxyl groups excluding tert-OH is 1. The molecule has 1 aliphatic rings. The number of hydrogen-bond acceptors (Lipinski definition) is 3. The van der Waals surface area contributed by atoms with Crippen molar-refractivity contribution in [2.24, 2.45) is 5.41 Å². The van der Waals surface area contributed by atoms with Gasteiger partial charge in [-0.1, -0.05) is 20.8 Å². The van der Waals surface area contributed by atoms with Crippen molar-refractivity contribution in [3.8, 4) is 0 Å². The SMILES string of the molecule is CCCN1CC(C)(C)CNC(=O)C1CO. The van der Waals surface area contributed by atoms with Crippen LogP contribution in [0.25, 0.3) is 0 Å². The van der Waals surface area contributed by atoms with Crippen molar-refractivity contribution in [1.29, 1.82) is 0 Å². The van der Waals surface area contributed by atoms with E-state index in [-0.39, 0.29) is 24.0 Å². The fourth-order valence-corrected chi connectivity index (χ4v) is 2.05. The van der Waals surface area contributed by atoms with Gasteiger partial charge in [0.2, 0.25) is 5.91 Å². The van der Waals surface area contributed by atoms with E-state index in [2.05, 4.69) is 31.0 Å². The highest BCUT2D eigenvalue weighted by Crippen LogP contribution is 2.20. The number of hydrogen-bond donors (Lipinski definition) is 2. The maximum Gasteiger partial charge on any atom is 0.239 e. The van der Waals surface area contributed by atoms with Crippen LogP contribution >= 0.6 is 0 Å². The van der Waals surface area contributed by atoms with Crippen molar-refractivity contribution >= 4 is 5.91 Å². The lowest BCUT2D eigenvalue weighted by Crippen LogP contribution is -2.47. The van der Waals surface area contributed by atoms with Gasteiger partial charge in [0.25, 0.3) is 0 Å². The summed E-state index contributed by atoms with van der Waals surface area (Å²) in [6.07, 6.45) is 1.000. The van der Waals surface area contributed by atoms with Gasteiger partial charge in [-0.05, 0) is 18.4 Å². The molecule has 88 valence electrons. The topological polar surface area (TPSA) is 52.6 Å². The predicted octanol–water partition coefficient (Wildman–Crippen LogP) is 0.215. The van der Waals surface area contributed by atoms with Crippen molar-refractivity contribution in [1.82, 2.24) is 10.2 Å². The molecule has 1 aliphatic heterocycles. The highest BCUT2D eigenvalue weighted by atomic mass is 16.3. The van der Waals surface area contributed by atoms with Crippen molar-refractivity contribution in [3.63, 3.8) is 0 Å². The van der Waals surface area contributed by atoms with E-state index in [9.17, 15) is 9.90 Å². The van der Waals surface area contributed by atoms with Gasteiger partial charge in [-0.25, -0.2) is 0 Å². The number of nitrogens with one attached hydrogen (secondary N) is 1. The zero-order valence-electron chi connectivity index (χ0n) is 9.92. The third-order valence-corrected chi connectivity index (χ3v) is 2.80. The summed E-state index contributed by atoms with van der Waals surface area (Å²) in [4.78, 5) is 13.8. The fraction of sp³-hybridized carbons (Fsp3) is 0.909. The number of carbonyl (C=O) groups excluding carboxylic acids is 1. The summed E-state index contributed by atoms with van der Waals surface area (Å²) in [5, 5.41) is 12.1. The van der Waals surface area contributed by atoms with E-state index in [1.54, 1.807) is 0 Å². The summed E-state index contributed by atoms with van der Waals surface area (Å²) < 4.78 is 0. The molecule has 0 aromatic rings. The molecule has 1 rings (SSSR count). The van der Waals surface area contributed by atoms with E-state index in [0.29, 0.717) is 6.54 Å². The zero-order valence-corrected chi connectivity index (χ0v) is 9.92. The number of aliphatic hydroxyl groups is 1. The average molecular weight is 214 g/mol. The minimum absolute atomic E-state index is 0.0449. The first kappa shape index (κ1) is 12.5. The molecule has 4 nitrogen and oxygen atoms in total. The van der Waals surface area contributed by atoms with Gasteiger partial charge in [-0.2, -0.15) is 0 Å². The van der Waals surface area contributed by atoms with E-state index in [1.165, 1.54) is 0 Å². The first-order valence-corrected chi connectivity index (χ1v) is 5.63. The van der Waals surface area contributed by atoms with Crippen LogP contribution < -0.4 is 5.32 Å². The number of amides is 1. The second kappa shape index (κ2) is 4.94. The van der Waals surface area contributed by atoms with Crippen LogP contribution in [0.2, 0.25) is 0 Å². The van der Waals surface area contributed by atoms with Crippen molar-refractivity contribution in [2.45, 2.75) is 33.2 Å². The van der Waals surface area contributed by atoms with Crippen molar-refractivity contribution in [3.05, 3.63) is 0 Å². The molecule has 0 radical (unpaired) electrons. The molecule has 0 saturated carbocycles. The molecular weight excluding hydrogens is 192 g/mol. The molecule has 1 atom stereocenters. The van der Waals surface area contributed by atoms with E-state index >= 15 is 0 Å². The Labute approximate surface area is 91.6 Å². The van der Waals surface area contributed by atoms with Gasteiger partial charge in [0.1, 0.15) is 6.04 Å². The lowest BCUT2D eigenvalue weighted by atomic mass is 9.93. The maximum atomic E-state index is 11.7. The van der Waals surface area contributed by atoms with Gasteiger partial charge >= 0.3 is 0 Å². The van der Waals surface area contributed by atoms with Gasteiger partial charge in [0.15, 0.2) is 0 Å². The molecule has 0 aromatic heterocycles. The lowest BCUT2D eigenvalue weighted by molar-refractivity contribution is -0.126. The van der Waals surface area contributed by atoms with Crippen LogP contribution in [-0.2, 0) is 4.79 Å². The molecule has 4 heteroatoms. The molecule has 1 saturated heterocycles. The summed E-state index contributed by atoms with van der Waals surface area (Å²) in [5.74, 6) is -0.0449. The number of carbonyl (C=O) groups is 1. The summed E-state index contributed by atoms with van der Waals surface area (Å²) >= 11 is 0. The molecular formula is C11H22N2O2. The summed E-state index contributed by atoms with van der Waals surface area (Å²) in [6.45, 7) is 8.66. The van der Waals surface area contributed by atoms with E-state index in [4.69, 9.17) is 0 Å². The Kier molecular flexibility index (Phi) is 4.11. The highest BCUT2D eigenvalue weighted by molar-refractivity contribution is 5.82. The summed E-state index contributed by atoms with van der Waals surface area (Å²) in [6, 6.07) is -0.369. The Morgan fingerprint density at radius 2 is 2.27 bits per heavy atom. The van der Waals surface area contributed by atoms with Crippen molar-refractivity contribution in [2.75, 3.05) is 26.2 Å². The summed E-state index contributed by atoms with van der Waals surface area (Å²) in [7, 11) is 0. The van der Waals surface area contributed by atoms with E-state index in [0.717, 1.165) is 19.5 Å². The van der Waals surface area contributed by atoms with Gasteiger partial charge in [-0.3, -0.25) is 9.69 Å². The number of nitrogens with zero attached hydrogens (tertiary/aromatic N) is 1. The second-order valence-electron chi connectivity index (χ2n) is 5.05. The Hall–Kier alpha value is -0.610. The number of rotatable bonds is 3. The monoisotopic (exact) mass is 214 g/mol. The average Bonchev–Trinajstić information content (AvgIpc) is 2.25. The minimum Gasteiger partial charge on any atom is -0.394 e. The van der Waals surface area contributed by atoms with Crippen LogP contribution in [0.1, 0.15) is 27.2 Å². The molecule has 1 fully saturated rings. The Bertz CT molecular complexity index is 229. The van der Waals surface area contributed by atoms with Crippen LogP contribution in [0, 0.1) is 5.41 Å². The molecule has 0 aliphatic carbocycles. The molecule has 0 aromatic carbocycles. The minimum atomic E-state index is -0.369. The first-order chi connectivity index (χ1) is 7.00. The predicted molar refractivity (Wildman–Crippen MR) is 59.5 cm³/mol. The van der Waals surface area contributed by atoms with Gasteiger partial charge in [0.05, 0.1) is 6.61 Å². The van der Waals surface area contributed by atoms with E-state index in [1.807, 2.05) is 0 Å². The van der Waals surface area contributed by atoms with Crippen LogP contribution in [-0.4, -0.2) is 48.2 Å². The standard InChI is InChI=1S/C11H22N2O2/c1-4-5-13-8-11(2,3)7-12-10(15)9(13)6-14/h9,14H,4-8H2,1-3H3,(H,12,15). The van der Waals surface area contributed by atoms with Crippen LogP contribution in [0.4, 0.5) is 0 Å². The normalized spacial score (nSPS) is 27.2. The Morgan fingerprint density at radius 1 is 1.60 bits per heavy atom. The maximum absolute atomic E-state index is 11.7. The largest absolute Gasteiger partial charge is 0.394 e. The molecule has 1 unspecified atom stereocenters. The zero-order chi connectivity index (χ0) is 11.5. The van der Waals surface area contributed by atoms with Crippen LogP contribution in [0.5, 0.6) is 0 Å². The first-order valence-electron chi connectivity index (χ1n) is 5.63. The molecule has 0 bridgehead atoms. The summed E-state index contributed by atoms with van der Waals surface area (Å²) in [5.41, 5.74) is 0.0781. The van der Waals surface area contributed by atoms with E-state index < -0.39 is 0 Å². The Morgan fingerprint density at radius 3 is 2.80 bits per heavy atom. The smallest absolute Gasteiger partial charge is 0.239 e. The third-order valence-electron chi connectivity index (χ3n) is 2.80. The quantitative estimate of drug-likeness (QED) is 0.706. The van der Waals surface area contributed by atoms with Crippen LogP contribution in [0.3, 0.4) is 0 Å². The van der Waals surface area contributed by atoms with Crippen LogP contribution in [0.15, 0.2) is 0 Å². The lowest BCUT2D eigenvalue weighted by Gasteiger charge is -2.31. The molecule has 1 amide bonds. The molecule has 15 heavy (non-hydrogen) atoms. The Balaban J connectivity index is 2.79. The highest BCUT2D eigenvalue weighted by Gasteiger charge is 2.34. The molecule has 1 heterocycles. The second-order valence-corrected chi connectivity index (χ2v) is 5.05. The molecule has 0 spiro atoms. The van der Waals surface area contributed by atoms with Crippen molar-refractivity contribution < 1.29 is 9.90 Å². The van der Waals surface area contributed by atoms with Gasteiger partial charge in [0, 0.05) is 13.1 Å². The fourth-order valence-electron chi connectivity index (χ4n) is 2.05.